The van der Waals surface area contributed by atoms with Gasteiger partial charge in [-0.3, -0.25) is 8.80 Å². The Morgan fingerprint density at radius 3 is 1.45 bits per heavy atom. The van der Waals surface area contributed by atoms with Crippen molar-refractivity contribution >= 4 is 8.80 Å². The van der Waals surface area contributed by atoms with E-state index in [9.17, 15) is 14.4 Å². The molecule has 0 saturated heterocycles. The van der Waals surface area contributed by atoms with E-state index in [2.05, 4.69) is 0 Å². The first-order valence-corrected chi connectivity index (χ1v) is 4.60. The topological polar surface area (TPSA) is 69.2 Å². The summed E-state index contributed by atoms with van der Waals surface area (Å²) in [6.07, 6.45) is 1.27. The number of unbranched alkanes of at least 4 members (excludes halogenated alkanes) is 1. The molecule has 0 aliphatic rings. The molecule has 0 spiro atoms. The second kappa shape index (κ2) is 15.0. The molecule has 50 valence electrons. The Morgan fingerprint density at radius 2 is 1.36 bits per heavy atom. The first-order chi connectivity index (χ1) is 3.56. The first kappa shape index (κ1) is 25.0. The van der Waals surface area contributed by atoms with Gasteiger partial charge in [-0.25, -0.2) is 0 Å². The summed E-state index contributed by atoms with van der Waals surface area (Å²) < 4.78 is 0. The van der Waals surface area contributed by atoms with Crippen LogP contribution in [0.5, 0.6) is 0 Å². The van der Waals surface area contributed by atoms with Gasteiger partial charge in [0.2, 0.25) is 0 Å². The van der Waals surface area contributed by atoms with Gasteiger partial charge in [0.05, 0.1) is 0 Å². The van der Waals surface area contributed by atoms with Gasteiger partial charge in [0, 0.05) is 0 Å². The molecule has 3 nitrogen and oxygen atoms in total. The van der Waals surface area contributed by atoms with Gasteiger partial charge >= 0.3 is 154 Å². The fourth-order valence-corrected chi connectivity index (χ4v) is 1.18. The summed E-state index contributed by atoms with van der Waals surface area (Å²) in [4.78, 5) is 29.7. The molecule has 0 rings (SSSR count). The van der Waals surface area contributed by atoms with Crippen molar-refractivity contribution in [1.29, 1.82) is 0 Å². The molecule has 0 bridgehead atoms. The van der Waals surface area contributed by atoms with Crippen LogP contribution in [0.25, 0.3) is 0 Å². The summed E-state index contributed by atoms with van der Waals surface area (Å²) in [6.45, 7) is 1.85. The molecular formula is C4H9K3O3Si. The van der Waals surface area contributed by atoms with Gasteiger partial charge in [0.1, 0.15) is 0 Å². The minimum absolute atomic E-state index is 0. The van der Waals surface area contributed by atoms with Crippen LogP contribution >= 0.6 is 0 Å². The molecule has 0 aliphatic carbocycles. The summed E-state index contributed by atoms with van der Waals surface area (Å²) in [5.74, 6) is 0. The second-order valence-corrected chi connectivity index (χ2v) is 3.65. The molecule has 0 aliphatic heterocycles. The van der Waals surface area contributed by atoms with E-state index >= 15 is 0 Å². The van der Waals surface area contributed by atoms with Crippen LogP contribution in [0, 0.1) is 0 Å². The van der Waals surface area contributed by atoms with Crippen molar-refractivity contribution < 1.29 is 169 Å². The average Bonchev–Trinajstić information content (AvgIpc) is 1.59. The molecule has 0 aromatic heterocycles. The summed E-state index contributed by atoms with van der Waals surface area (Å²) in [5.41, 5.74) is 0. The molecule has 7 heteroatoms. The third-order valence-corrected chi connectivity index (χ3v) is 1.80. The summed E-state index contributed by atoms with van der Waals surface area (Å²) >= 11 is 0. The van der Waals surface area contributed by atoms with Crippen molar-refractivity contribution in [3.05, 3.63) is 0 Å². The van der Waals surface area contributed by atoms with Gasteiger partial charge in [0.15, 0.2) is 0 Å². The van der Waals surface area contributed by atoms with Gasteiger partial charge in [0.25, 0.3) is 0 Å². The Kier molecular flexibility index (Phi) is 34.1. The predicted molar refractivity (Wildman–Crippen MR) is 25.5 cm³/mol. The second-order valence-electron chi connectivity index (χ2n) is 1.79. The Balaban J connectivity index is -0.0000000817. The monoisotopic (exact) mass is 250 g/mol. The van der Waals surface area contributed by atoms with Gasteiger partial charge < -0.3 is 14.4 Å². The quantitative estimate of drug-likeness (QED) is 0.467. The molecule has 0 atom stereocenters. The van der Waals surface area contributed by atoms with Crippen molar-refractivity contribution in [2.24, 2.45) is 0 Å². The molecule has 0 aromatic rings. The third-order valence-electron chi connectivity index (χ3n) is 0.837. The smallest absolute Gasteiger partial charge is 0.881 e. The van der Waals surface area contributed by atoms with E-state index in [-0.39, 0.29) is 160 Å². The van der Waals surface area contributed by atoms with E-state index in [1.165, 1.54) is 0 Å². The maximum Gasteiger partial charge on any atom is 1.00 e. The van der Waals surface area contributed by atoms with E-state index in [4.69, 9.17) is 0 Å². The Labute approximate surface area is 197 Å². The molecule has 0 saturated carbocycles. The predicted octanol–water partition coefficient (Wildman–Crippen LogP) is -11.2. The summed E-state index contributed by atoms with van der Waals surface area (Å²) in [7, 11) is -4.43. The summed E-state index contributed by atoms with van der Waals surface area (Å²) in [6, 6.07) is -0.163. The van der Waals surface area contributed by atoms with Crippen LogP contribution in [0.1, 0.15) is 19.8 Å². The zero-order valence-corrected chi connectivity index (χ0v) is 18.2. The van der Waals surface area contributed by atoms with Crippen LogP contribution in [-0.2, 0) is 0 Å². The summed E-state index contributed by atoms with van der Waals surface area (Å²) in [5, 5.41) is 0. The van der Waals surface area contributed by atoms with Crippen molar-refractivity contribution in [1.82, 2.24) is 0 Å². The standard InChI is InChI=1S/C4H9O3Si.3K/c1-2-3-4-8(5,6)7;;;/h2-4H2,1H3;;;/q-3;3*+1. The van der Waals surface area contributed by atoms with Crippen molar-refractivity contribution in [2.75, 3.05) is 0 Å². The van der Waals surface area contributed by atoms with Crippen LogP contribution < -0.4 is 169 Å². The van der Waals surface area contributed by atoms with Crippen LogP contribution in [0.3, 0.4) is 0 Å². The van der Waals surface area contributed by atoms with E-state index in [1.807, 2.05) is 6.92 Å². The van der Waals surface area contributed by atoms with E-state index < -0.39 is 8.80 Å². The Hall–Kier alpha value is 5.01. The normalized spacial score (nSPS) is 8.73. The van der Waals surface area contributed by atoms with Crippen LogP contribution in [-0.4, -0.2) is 8.80 Å². The maximum absolute atomic E-state index is 9.89. The van der Waals surface area contributed by atoms with Crippen LogP contribution in [0.2, 0.25) is 6.04 Å². The average molecular weight is 250 g/mol. The van der Waals surface area contributed by atoms with Gasteiger partial charge in [-0.05, 0) is 0 Å². The SMILES string of the molecule is CCCC[Si]([O-])([O-])[O-].[K+].[K+].[K+]. The first-order valence-electron chi connectivity index (χ1n) is 2.67. The number of rotatable bonds is 3. The Morgan fingerprint density at radius 1 is 1.00 bits per heavy atom. The van der Waals surface area contributed by atoms with Gasteiger partial charge in [-0.2, -0.15) is 0 Å². The molecule has 0 heterocycles. The zero-order chi connectivity index (χ0) is 6.62. The van der Waals surface area contributed by atoms with E-state index in [1.54, 1.807) is 0 Å². The van der Waals surface area contributed by atoms with Crippen LogP contribution in [0.4, 0.5) is 0 Å². The van der Waals surface area contributed by atoms with Gasteiger partial charge in [-0.15, -0.1) is 6.04 Å². The molecule has 0 aromatic carbocycles. The van der Waals surface area contributed by atoms with Crippen molar-refractivity contribution in [3.8, 4) is 0 Å². The minimum Gasteiger partial charge on any atom is -0.881 e. The molecule has 0 amide bonds. The van der Waals surface area contributed by atoms with Gasteiger partial charge in [-0.1, -0.05) is 19.8 Å². The Bertz CT molecular complexity index is 68.1. The molecule has 0 fully saturated rings. The fourth-order valence-electron chi connectivity index (χ4n) is 0.393. The zero-order valence-electron chi connectivity index (χ0n) is 7.85. The number of hydrogen-bond donors (Lipinski definition) is 0. The molecular weight excluding hydrogens is 241 g/mol. The molecule has 0 radical (unpaired) electrons. The molecule has 0 N–H and O–H groups in total. The number of hydrogen-bond acceptors (Lipinski definition) is 3. The van der Waals surface area contributed by atoms with Crippen LogP contribution in [0.15, 0.2) is 0 Å². The fraction of sp³-hybridized carbons (Fsp3) is 1.00. The molecule has 11 heavy (non-hydrogen) atoms. The van der Waals surface area contributed by atoms with Crippen molar-refractivity contribution in [2.45, 2.75) is 25.8 Å². The third kappa shape index (κ3) is 25.4. The van der Waals surface area contributed by atoms with E-state index in [0.717, 1.165) is 6.42 Å². The van der Waals surface area contributed by atoms with Crippen molar-refractivity contribution in [3.63, 3.8) is 0 Å². The minimum atomic E-state index is -4.43. The van der Waals surface area contributed by atoms with E-state index in [0.29, 0.717) is 6.42 Å². The maximum atomic E-state index is 9.89. The molecule has 0 unspecified atom stereocenters. The largest absolute Gasteiger partial charge is 1.00 e.